The van der Waals surface area contributed by atoms with Crippen molar-refractivity contribution in [3.63, 3.8) is 0 Å². The van der Waals surface area contributed by atoms with Crippen LogP contribution in [0.2, 0.25) is 5.02 Å². The summed E-state index contributed by atoms with van der Waals surface area (Å²) in [5.41, 5.74) is 1.33. The van der Waals surface area contributed by atoms with Crippen LogP contribution in [0, 0.1) is 0 Å². The molecule has 1 aliphatic carbocycles. The van der Waals surface area contributed by atoms with Crippen LogP contribution in [0.5, 0.6) is 0 Å². The lowest BCUT2D eigenvalue weighted by molar-refractivity contribution is -0.151. The Morgan fingerprint density at radius 1 is 1.11 bits per heavy atom. The van der Waals surface area contributed by atoms with E-state index in [4.69, 9.17) is 16.3 Å². The van der Waals surface area contributed by atoms with E-state index in [9.17, 15) is 9.59 Å². The number of hydrogen-bond donors (Lipinski definition) is 1. The van der Waals surface area contributed by atoms with Crippen molar-refractivity contribution in [3.05, 3.63) is 70.7 Å². The van der Waals surface area contributed by atoms with Gasteiger partial charge in [-0.1, -0.05) is 67.4 Å². The van der Waals surface area contributed by atoms with Crippen LogP contribution in [0.1, 0.15) is 49.8 Å². The second-order valence-corrected chi connectivity index (χ2v) is 7.42. The van der Waals surface area contributed by atoms with Gasteiger partial charge < -0.3 is 10.1 Å². The van der Waals surface area contributed by atoms with Crippen LogP contribution >= 0.6 is 11.6 Å². The SMILES string of the molecule is CCC[C@H](NC(=O)COC(=O)C1(c2ccc(Cl)cc2)CC1)c1ccccc1. The van der Waals surface area contributed by atoms with Gasteiger partial charge in [-0.2, -0.15) is 0 Å². The molecule has 0 aromatic heterocycles. The number of hydrogen-bond acceptors (Lipinski definition) is 3. The lowest BCUT2D eigenvalue weighted by Gasteiger charge is -2.19. The fourth-order valence-electron chi connectivity index (χ4n) is 3.31. The van der Waals surface area contributed by atoms with Crippen LogP contribution < -0.4 is 5.32 Å². The number of rotatable bonds is 8. The minimum Gasteiger partial charge on any atom is -0.455 e. The van der Waals surface area contributed by atoms with Crippen LogP contribution in [-0.2, 0) is 19.7 Å². The third-order valence-corrected chi connectivity index (χ3v) is 5.24. The second-order valence-electron chi connectivity index (χ2n) is 6.98. The van der Waals surface area contributed by atoms with Gasteiger partial charge in [0.1, 0.15) is 0 Å². The Hall–Kier alpha value is -2.33. The third-order valence-electron chi connectivity index (χ3n) is 4.99. The number of carbonyl (C=O) groups excluding carboxylic acids is 2. The Morgan fingerprint density at radius 2 is 1.78 bits per heavy atom. The molecule has 1 atom stereocenters. The van der Waals surface area contributed by atoms with Crippen molar-refractivity contribution in [2.75, 3.05) is 6.61 Å². The molecule has 1 N–H and O–H groups in total. The molecule has 3 rings (SSSR count). The first-order valence-electron chi connectivity index (χ1n) is 9.33. The Morgan fingerprint density at radius 3 is 2.37 bits per heavy atom. The van der Waals surface area contributed by atoms with Gasteiger partial charge in [0.25, 0.3) is 5.91 Å². The summed E-state index contributed by atoms with van der Waals surface area (Å²) in [5.74, 6) is -0.621. The molecule has 142 valence electrons. The monoisotopic (exact) mass is 385 g/mol. The molecule has 0 bridgehead atoms. The van der Waals surface area contributed by atoms with Crippen molar-refractivity contribution in [3.8, 4) is 0 Å². The molecule has 27 heavy (non-hydrogen) atoms. The van der Waals surface area contributed by atoms with Crippen molar-refractivity contribution < 1.29 is 14.3 Å². The van der Waals surface area contributed by atoms with Gasteiger partial charge in [-0.05, 0) is 42.5 Å². The van der Waals surface area contributed by atoms with Crippen LogP contribution in [0.3, 0.4) is 0 Å². The maximum atomic E-state index is 12.6. The van der Waals surface area contributed by atoms with Crippen LogP contribution in [-0.4, -0.2) is 18.5 Å². The zero-order chi connectivity index (χ0) is 19.3. The summed E-state index contributed by atoms with van der Waals surface area (Å²) in [7, 11) is 0. The van der Waals surface area contributed by atoms with Gasteiger partial charge in [-0.3, -0.25) is 9.59 Å². The van der Waals surface area contributed by atoms with Gasteiger partial charge in [0.2, 0.25) is 0 Å². The molecule has 0 radical (unpaired) electrons. The summed E-state index contributed by atoms with van der Waals surface area (Å²) in [5, 5.41) is 3.60. The van der Waals surface area contributed by atoms with E-state index in [2.05, 4.69) is 12.2 Å². The lowest BCUT2D eigenvalue weighted by atomic mass is 9.96. The molecule has 1 fully saturated rings. The van der Waals surface area contributed by atoms with E-state index in [1.807, 2.05) is 42.5 Å². The molecule has 0 saturated heterocycles. The summed E-state index contributed by atoms with van der Waals surface area (Å²) in [6.45, 7) is 1.81. The number of nitrogens with one attached hydrogen (secondary N) is 1. The number of benzene rings is 2. The van der Waals surface area contributed by atoms with E-state index < -0.39 is 5.41 Å². The first-order chi connectivity index (χ1) is 13.0. The number of carbonyl (C=O) groups is 2. The average molecular weight is 386 g/mol. The minimum atomic E-state index is -0.618. The molecule has 0 unspecified atom stereocenters. The quantitative estimate of drug-likeness (QED) is 0.677. The third kappa shape index (κ3) is 4.69. The zero-order valence-electron chi connectivity index (χ0n) is 15.4. The van der Waals surface area contributed by atoms with Gasteiger partial charge in [0.05, 0.1) is 11.5 Å². The van der Waals surface area contributed by atoms with E-state index in [1.165, 1.54) is 0 Å². The highest BCUT2D eigenvalue weighted by molar-refractivity contribution is 6.30. The van der Waals surface area contributed by atoms with E-state index in [0.29, 0.717) is 5.02 Å². The van der Waals surface area contributed by atoms with Crippen molar-refractivity contribution in [2.45, 2.75) is 44.1 Å². The topological polar surface area (TPSA) is 55.4 Å². The fraction of sp³-hybridized carbons (Fsp3) is 0.364. The van der Waals surface area contributed by atoms with Crippen molar-refractivity contribution in [1.29, 1.82) is 0 Å². The van der Waals surface area contributed by atoms with Gasteiger partial charge >= 0.3 is 5.97 Å². The largest absolute Gasteiger partial charge is 0.455 e. The predicted molar refractivity (Wildman–Crippen MR) is 106 cm³/mol. The molecule has 0 aliphatic heterocycles. The average Bonchev–Trinajstić information content (AvgIpc) is 3.49. The van der Waals surface area contributed by atoms with E-state index in [1.54, 1.807) is 12.1 Å². The summed E-state index contributed by atoms with van der Waals surface area (Å²) in [6.07, 6.45) is 3.24. The fourth-order valence-corrected chi connectivity index (χ4v) is 3.43. The second kappa shape index (κ2) is 8.57. The Labute approximate surface area is 164 Å². The molecule has 1 aliphatic rings. The van der Waals surface area contributed by atoms with Gasteiger partial charge in [0.15, 0.2) is 6.61 Å². The van der Waals surface area contributed by atoms with Crippen LogP contribution in [0.15, 0.2) is 54.6 Å². The first kappa shape index (κ1) is 19.4. The van der Waals surface area contributed by atoms with Crippen molar-refractivity contribution in [2.24, 2.45) is 0 Å². The van der Waals surface area contributed by atoms with Crippen molar-refractivity contribution in [1.82, 2.24) is 5.32 Å². The number of halogens is 1. The number of amides is 1. The normalized spacial score (nSPS) is 15.6. The molecule has 2 aromatic rings. The molecule has 0 spiro atoms. The first-order valence-corrected chi connectivity index (χ1v) is 9.70. The van der Waals surface area contributed by atoms with Gasteiger partial charge in [0, 0.05) is 5.02 Å². The standard InChI is InChI=1S/C22H24ClNO3/c1-2-6-19(16-7-4-3-5-8-16)24-20(25)15-27-21(26)22(13-14-22)17-9-11-18(23)12-10-17/h3-5,7-12,19H,2,6,13-15H2,1H3,(H,24,25)/t19-/m0/s1. The molecular formula is C22H24ClNO3. The van der Waals surface area contributed by atoms with Gasteiger partial charge in [-0.15, -0.1) is 0 Å². The Balaban J connectivity index is 1.56. The minimum absolute atomic E-state index is 0.0754. The molecule has 4 nitrogen and oxygen atoms in total. The number of esters is 1. The Bertz CT molecular complexity index is 785. The summed E-state index contributed by atoms with van der Waals surface area (Å²) in [6, 6.07) is 17.0. The van der Waals surface area contributed by atoms with Crippen LogP contribution in [0.4, 0.5) is 0 Å². The molecule has 1 amide bonds. The lowest BCUT2D eigenvalue weighted by Crippen LogP contribution is -2.34. The molecule has 5 heteroatoms. The van der Waals surface area contributed by atoms with E-state index >= 15 is 0 Å². The summed E-state index contributed by atoms with van der Waals surface area (Å²) >= 11 is 5.92. The zero-order valence-corrected chi connectivity index (χ0v) is 16.2. The predicted octanol–water partition coefficient (Wildman–Crippen LogP) is 4.57. The number of ether oxygens (including phenoxy) is 1. The highest BCUT2D eigenvalue weighted by Crippen LogP contribution is 2.49. The maximum Gasteiger partial charge on any atom is 0.317 e. The molecule has 1 saturated carbocycles. The van der Waals surface area contributed by atoms with Crippen LogP contribution in [0.25, 0.3) is 0 Å². The molecule has 0 heterocycles. The highest BCUT2D eigenvalue weighted by atomic mass is 35.5. The summed E-state index contributed by atoms with van der Waals surface area (Å²) < 4.78 is 5.35. The molecular weight excluding hydrogens is 362 g/mol. The Kier molecular flexibility index (Phi) is 6.17. The van der Waals surface area contributed by atoms with Crippen molar-refractivity contribution >= 4 is 23.5 Å². The van der Waals surface area contributed by atoms with E-state index in [-0.39, 0.29) is 24.5 Å². The van der Waals surface area contributed by atoms with E-state index in [0.717, 1.165) is 36.8 Å². The molecule has 2 aromatic carbocycles. The highest BCUT2D eigenvalue weighted by Gasteiger charge is 2.52. The summed E-state index contributed by atoms with van der Waals surface area (Å²) in [4.78, 5) is 24.9. The van der Waals surface area contributed by atoms with Gasteiger partial charge in [-0.25, -0.2) is 0 Å². The maximum absolute atomic E-state index is 12.6. The smallest absolute Gasteiger partial charge is 0.317 e.